The van der Waals surface area contributed by atoms with Gasteiger partial charge >= 0.3 is 0 Å². The van der Waals surface area contributed by atoms with Crippen LogP contribution in [-0.4, -0.2) is 80.5 Å². The number of quaternary nitrogens is 1. The molecule has 0 aliphatic rings. The Kier molecular flexibility index (Phi) is 37.9. The lowest BCUT2D eigenvalue weighted by molar-refractivity contribution is -0.896. The van der Waals surface area contributed by atoms with Gasteiger partial charge in [-0.05, 0) is 64.2 Å². The maximum absolute atomic E-state index is 10.5. The molecule has 0 aliphatic carbocycles. The molecule has 0 aromatic carbocycles. The summed E-state index contributed by atoms with van der Waals surface area (Å²) in [5.41, 5.74) is 0. The second-order valence-electron chi connectivity index (χ2n) is 15.6. The van der Waals surface area contributed by atoms with E-state index >= 15 is 0 Å². The molecule has 49 heavy (non-hydrogen) atoms. The quantitative estimate of drug-likeness (QED) is 0.0381. The molecule has 0 heterocycles. The maximum Gasteiger partial charge on any atom is 0.126 e. The smallest absolute Gasteiger partial charge is 0.126 e. The summed E-state index contributed by atoms with van der Waals surface area (Å²) >= 11 is 0. The van der Waals surface area contributed by atoms with Gasteiger partial charge in [0, 0.05) is 13.2 Å². The van der Waals surface area contributed by atoms with Crippen LogP contribution in [0.15, 0.2) is 24.3 Å². The number of hydrogen-bond acceptors (Lipinski definition) is 4. The fourth-order valence-electron chi connectivity index (χ4n) is 6.66. The predicted octanol–water partition coefficient (Wildman–Crippen LogP) is 11.9. The van der Waals surface area contributed by atoms with Crippen LogP contribution in [0.1, 0.15) is 194 Å². The molecule has 0 aromatic heterocycles. The number of allylic oxidation sites excluding steroid dienone is 4. The number of rotatable bonds is 40. The molecule has 0 amide bonds. The fraction of sp³-hybridized carbons (Fsp3) is 0.909. The molecule has 2 N–H and O–H groups in total. The van der Waals surface area contributed by atoms with Crippen LogP contribution >= 0.6 is 0 Å². The summed E-state index contributed by atoms with van der Waals surface area (Å²) in [6.45, 7) is 7.88. The van der Waals surface area contributed by atoms with Gasteiger partial charge in [0.1, 0.15) is 25.3 Å². The van der Waals surface area contributed by atoms with Gasteiger partial charge in [0.25, 0.3) is 0 Å². The van der Waals surface area contributed by atoms with Crippen LogP contribution in [0, 0.1) is 0 Å². The van der Waals surface area contributed by atoms with E-state index in [-0.39, 0.29) is 0 Å². The van der Waals surface area contributed by atoms with Crippen LogP contribution in [0.5, 0.6) is 0 Å². The number of aliphatic hydroxyl groups excluding tert-OH is 2. The summed E-state index contributed by atoms with van der Waals surface area (Å²) in [6, 6.07) is 0. The van der Waals surface area contributed by atoms with Crippen molar-refractivity contribution in [2.45, 2.75) is 206 Å². The second kappa shape index (κ2) is 38.5. The van der Waals surface area contributed by atoms with Gasteiger partial charge in [0.15, 0.2) is 0 Å². The molecule has 5 nitrogen and oxygen atoms in total. The van der Waals surface area contributed by atoms with Gasteiger partial charge in [-0.2, -0.15) is 0 Å². The minimum atomic E-state index is -0.515. The summed E-state index contributed by atoms with van der Waals surface area (Å²) < 4.78 is 12.1. The van der Waals surface area contributed by atoms with Gasteiger partial charge in [-0.3, -0.25) is 0 Å². The van der Waals surface area contributed by atoms with E-state index in [0.29, 0.717) is 30.8 Å². The highest BCUT2D eigenvalue weighted by Crippen LogP contribution is 2.12. The van der Waals surface area contributed by atoms with Crippen LogP contribution in [0.3, 0.4) is 0 Å². The van der Waals surface area contributed by atoms with Crippen LogP contribution in [-0.2, 0) is 9.47 Å². The minimum Gasteiger partial charge on any atom is -0.385 e. The van der Waals surface area contributed by atoms with Crippen LogP contribution in [0.25, 0.3) is 0 Å². The molecule has 0 spiro atoms. The first kappa shape index (κ1) is 48.3. The van der Waals surface area contributed by atoms with Gasteiger partial charge in [0.05, 0.1) is 27.3 Å². The van der Waals surface area contributed by atoms with Crippen molar-refractivity contribution in [3.63, 3.8) is 0 Å². The van der Waals surface area contributed by atoms with E-state index in [2.05, 4.69) is 52.2 Å². The molecular formula is C44H88NO4+. The van der Waals surface area contributed by atoms with E-state index < -0.39 is 12.2 Å². The van der Waals surface area contributed by atoms with Crippen LogP contribution in [0.4, 0.5) is 0 Å². The molecule has 2 unspecified atom stereocenters. The lowest BCUT2D eigenvalue weighted by Crippen LogP contribution is -2.51. The maximum atomic E-state index is 10.5. The van der Waals surface area contributed by atoms with E-state index in [4.69, 9.17) is 9.47 Å². The highest BCUT2D eigenvalue weighted by molar-refractivity contribution is 4.82. The lowest BCUT2D eigenvalue weighted by atomic mass is 10.1. The van der Waals surface area contributed by atoms with Gasteiger partial charge in [-0.1, -0.05) is 154 Å². The van der Waals surface area contributed by atoms with Crippen molar-refractivity contribution >= 4 is 0 Å². The summed E-state index contributed by atoms with van der Waals surface area (Å²) in [5, 5.41) is 21.0. The Morgan fingerprint density at radius 3 is 0.980 bits per heavy atom. The normalized spacial score (nSPS) is 13.7. The van der Waals surface area contributed by atoms with Crippen LogP contribution < -0.4 is 0 Å². The van der Waals surface area contributed by atoms with Crippen molar-refractivity contribution in [2.24, 2.45) is 0 Å². The molecule has 292 valence electrons. The van der Waals surface area contributed by atoms with Gasteiger partial charge < -0.3 is 24.2 Å². The Morgan fingerprint density at radius 1 is 0.408 bits per heavy atom. The van der Waals surface area contributed by atoms with Crippen LogP contribution in [0.2, 0.25) is 0 Å². The molecule has 0 saturated carbocycles. The van der Waals surface area contributed by atoms with Crippen molar-refractivity contribution in [3.05, 3.63) is 24.3 Å². The lowest BCUT2D eigenvalue weighted by Gasteiger charge is -2.33. The van der Waals surface area contributed by atoms with Crippen molar-refractivity contribution in [2.75, 3.05) is 53.6 Å². The predicted molar refractivity (Wildman–Crippen MR) is 214 cm³/mol. The number of hydrogen-bond donors (Lipinski definition) is 2. The SMILES string of the molecule is CCCCCCCC/C=C/CCCCCCCCOCC(O)C[N+](C)(C)CC(O)COCCCCCCCC/C=C/CCCCCCCC. The molecular weight excluding hydrogens is 606 g/mol. The minimum absolute atomic E-state index is 0.370. The monoisotopic (exact) mass is 695 g/mol. The molecule has 0 radical (unpaired) electrons. The number of unbranched alkanes of at least 4 members (excludes halogenated alkanes) is 24. The summed E-state index contributed by atoms with van der Waals surface area (Å²) in [4.78, 5) is 0. The molecule has 0 fully saturated rings. The average Bonchev–Trinajstić information content (AvgIpc) is 3.06. The molecule has 0 bridgehead atoms. The van der Waals surface area contributed by atoms with Gasteiger partial charge in [-0.15, -0.1) is 0 Å². The molecule has 5 heteroatoms. The second-order valence-corrected chi connectivity index (χ2v) is 15.6. The Hall–Kier alpha value is -0.720. The standard InChI is InChI=1S/C44H88NO4/c1-5-7-9-11-13-15-17-19-21-23-25-27-29-31-33-35-37-48-41-43(46)39-45(3,4)40-44(47)42-49-38-36-34-32-30-28-26-24-22-20-18-16-14-12-10-8-6-2/h19-22,43-44,46-47H,5-18,23-42H2,1-4H3/q+1/b21-19+,22-20+. The van der Waals surface area contributed by atoms with E-state index in [0.717, 1.165) is 26.1 Å². The highest BCUT2D eigenvalue weighted by Gasteiger charge is 2.24. The van der Waals surface area contributed by atoms with Crippen molar-refractivity contribution in [1.82, 2.24) is 0 Å². The van der Waals surface area contributed by atoms with Crippen molar-refractivity contribution in [1.29, 1.82) is 0 Å². The Bertz CT molecular complexity index is 638. The van der Waals surface area contributed by atoms with E-state index in [1.165, 1.54) is 167 Å². The van der Waals surface area contributed by atoms with Crippen molar-refractivity contribution in [3.8, 4) is 0 Å². The third-order valence-electron chi connectivity index (χ3n) is 9.63. The molecule has 0 rings (SSSR count). The Morgan fingerprint density at radius 2 is 0.673 bits per heavy atom. The first-order valence-corrected chi connectivity index (χ1v) is 21.5. The Balaban J connectivity index is 3.53. The highest BCUT2D eigenvalue weighted by atomic mass is 16.5. The topological polar surface area (TPSA) is 58.9 Å². The molecule has 2 atom stereocenters. The van der Waals surface area contributed by atoms with Gasteiger partial charge in [-0.25, -0.2) is 0 Å². The first-order valence-electron chi connectivity index (χ1n) is 21.5. The third-order valence-corrected chi connectivity index (χ3v) is 9.63. The average molecular weight is 695 g/mol. The number of ether oxygens (including phenoxy) is 2. The van der Waals surface area contributed by atoms with Gasteiger partial charge in [0.2, 0.25) is 0 Å². The fourth-order valence-corrected chi connectivity index (χ4v) is 6.66. The zero-order chi connectivity index (χ0) is 35.9. The van der Waals surface area contributed by atoms with Crippen molar-refractivity contribution < 1.29 is 24.2 Å². The number of nitrogens with zero attached hydrogens (tertiary/aromatic N) is 1. The Labute approximate surface area is 307 Å². The molecule has 0 aliphatic heterocycles. The zero-order valence-electron chi connectivity index (χ0n) is 33.7. The number of aliphatic hydroxyl groups is 2. The largest absolute Gasteiger partial charge is 0.385 e. The molecule has 0 saturated heterocycles. The van der Waals surface area contributed by atoms with E-state index in [1.54, 1.807) is 0 Å². The first-order chi connectivity index (χ1) is 23.9. The summed E-state index contributed by atoms with van der Waals surface area (Å²) in [7, 11) is 4.12. The molecule has 0 aromatic rings. The third kappa shape index (κ3) is 39.9. The van der Waals surface area contributed by atoms with E-state index in [9.17, 15) is 10.2 Å². The summed E-state index contributed by atoms with van der Waals surface area (Å²) in [5.74, 6) is 0. The number of likely N-dealkylation sites (N-methyl/N-ethyl adjacent to an activating group) is 1. The summed E-state index contributed by atoms with van der Waals surface area (Å²) in [6.07, 6.45) is 45.1. The van der Waals surface area contributed by atoms with E-state index in [1.807, 2.05) is 0 Å². The zero-order valence-corrected chi connectivity index (χ0v) is 33.7.